The monoisotopic (exact) mass is 469 g/mol. The van der Waals surface area contributed by atoms with Gasteiger partial charge >= 0.3 is 5.97 Å². The number of fused-ring (bicyclic) bond motifs is 1. The van der Waals surface area contributed by atoms with E-state index in [-0.39, 0.29) is 23.4 Å². The zero-order chi connectivity index (χ0) is 24.8. The minimum atomic E-state index is -1.43. The van der Waals surface area contributed by atoms with Gasteiger partial charge in [-0.2, -0.15) is 0 Å². The lowest BCUT2D eigenvalue weighted by Crippen LogP contribution is -2.35. The fourth-order valence-corrected chi connectivity index (χ4v) is 5.34. The van der Waals surface area contributed by atoms with Crippen LogP contribution in [0, 0.1) is 0 Å². The zero-order valence-corrected chi connectivity index (χ0v) is 20.0. The van der Waals surface area contributed by atoms with Crippen LogP contribution in [-0.2, 0) is 16.0 Å². The Hall–Kier alpha value is -3.73. The average Bonchev–Trinajstić information content (AvgIpc) is 2.90. The van der Waals surface area contributed by atoms with E-state index in [1.54, 1.807) is 12.1 Å². The molecule has 1 aliphatic rings. The van der Waals surface area contributed by atoms with E-state index in [0.717, 1.165) is 35.1 Å². The molecule has 0 aromatic heterocycles. The first-order valence-corrected chi connectivity index (χ1v) is 12.3. The normalized spacial score (nSPS) is 14.9. The second kappa shape index (κ2) is 11.1. The Morgan fingerprint density at radius 3 is 2.11 bits per heavy atom. The summed E-state index contributed by atoms with van der Waals surface area (Å²) < 4.78 is 0. The number of Topliss-reactive ketones (excluding diaryl/α,β-unsaturated/α-hetero) is 1. The molecule has 180 valence electrons. The van der Waals surface area contributed by atoms with E-state index < -0.39 is 11.8 Å². The van der Waals surface area contributed by atoms with Crippen molar-refractivity contribution in [3.05, 3.63) is 107 Å². The first-order valence-electron chi connectivity index (χ1n) is 12.3. The van der Waals surface area contributed by atoms with Crippen molar-refractivity contribution in [2.75, 3.05) is 6.54 Å². The number of carbonyl (C=O) groups is 3. The summed E-state index contributed by atoms with van der Waals surface area (Å²) in [6.45, 7) is 2.60. The van der Waals surface area contributed by atoms with Gasteiger partial charge in [0.05, 0.1) is 6.04 Å². The van der Waals surface area contributed by atoms with Gasteiger partial charge in [-0.1, -0.05) is 78.9 Å². The summed E-state index contributed by atoms with van der Waals surface area (Å²) >= 11 is 0. The van der Waals surface area contributed by atoms with Crippen LogP contribution in [0.1, 0.15) is 77.2 Å². The molecule has 5 nitrogen and oxygen atoms in total. The summed E-state index contributed by atoms with van der Waals surface area (Å²) in [6, 6.07) is 25.4. The minimum absolute atomic E-state index is 0.0927. The Balaban J connectivity index is 1.55. The molecule has 0 heterocycles. The van der Waals surface area contributed by atoms with E-state index in [9.17, 15) is 19.5 Å². The van der Waals surface area contributed by atoms with Gasteiger partial charge in [-0.05, 0) is 60.8 Å². The second-order valence-corrected chi connectivity index (χ2v) is 9.04. The molecule has 3 aromatic rings. The lowest BCUT2D eigenvalue weighted by atomic mass is 9.78. The highest BCUT2D eigenvalue weighted by Gasteiger charge is 2.29. The molecule has 5 heteroatoms. The highest BCUT2D eigenvalue weighted by Crippen LogP contribution is 2.37. The highest BCUT2D eigenvalue weighted by atomic mass is 16.4. The van der Waals surface area contributed by atoms with Gasteiger partial charge in [0.25, 0.3) is 5.78 Å². The van der Waals surface area contributed by atoms with Gasteiger partial charge in [0.15, 0.2) is 0 Å². The number of carboxylic acids is 1. The Kier molecular flexibility index (Phi) is 7.76. The van der Waals surface area contributed by atoms with Crippen molar-refractivity contribution in [2.45, 2.75) is 51.0 Å². The van der Waals surface area contributed by atoms with E-state index >= 15 is 0 Å². The first-order chi connectivity index (χ1) is 17.0. The number of amides is 1. The highest BCUT2D eigenvalue weighted by molar-refractivity contribution is 6.40. The van der Waals surface area contributed by atoms with Crippen molar-refractivity contribution in [2.24, 2.45) is 0 Å². The molecule has 0 radical (unpaired) electrons. The first kappa shape index (κ1) is 24.4. The Morgan fingerprint density at radius 2 is 1.54 bits per heavy atom. The maximum atomic E-state index is 13.6. The minimum Gasteiger partial charge on any atom is -0.475 e. The lowest BCUT2D eigenvalue weighted by molar-refractivity contribution is -0.133. The van der Waals surface area contributed by atoms with E-state index in [4.69, 9.17) is 0 Å². The number of carbonyl (C=O) groups excluding carboxylic acids is 2. The van der Waals surface area contributed by atoms with Crippen LogP contribution in [0.25, 0.3) is 0 Å². The molecule has 0 saturated carbocycles. The fourth-order valence-electron chi connectivity index (χ4n) is 5.34. The number of rotatable bonds is 9. The van der Waals surface area contributed by atoms with Crippen molar-refractivity contribution in [1.29, 1.82) is 0 Å². The second-order valence-electron chi connectivity index (χ2n) is 9.04. The summed E-state index contributed by atoms with van der Waals surface area (Å²) in [5.74, 6) is -2.06. The van der Waals surface area contributed by atoms with Crippen LogP contribution in [0.2, 0.25) is 0 Å². The van der Waals surface area contributed by atoms with Crippen molar-refractivity contribution in [1.82, 2.24) is 4.90 Å². The predicted molar refractivity (Wildman–Crippen MR) is 135 cm³/mol. The SMILES string of the molecule is CCN(C(=O)CCC1CCCc2c(C(=O)C(=O)O)cccc21)C(c1ccccc1)c1ccccc1. The summed E-state index contributed by atoms with van der Waals surface area (Å²) in [6.07, 6.45) is 3.57. The molecule has 0 saturated heterocycles. The number of hydrogen-bond acceptors (Lipinski definition) is 3. The quantitative estimate of drug-likeness (QED) is 0.318. The van der Waals surface area contributed by atoms with Gasteiger partial charge in [0.2, 0.25) is 5.91 Å². The fraction of sp³-hybridized carbons (Fsp3) is 0.300. The third-order valence-electron chi connectivity index (χ3n) is 6.98. The van der Waals surface area contributed by atoms with Crippen LogP contribution in [0.3, 0.4) is 0 Å². The van der Waals surface area contributed by atoms with E-state index in [0.29, 0.717) is 25.8 Å². The van der Waals surface area contributed by atoms with E-state index in [1.807, 2.05) is 54.3 Å². The van der Waals surface area contributed by atoms with E-state index in [2.05, 4.69) is 24.3 Å². The Labute approximate surface area is 206 Å². The van der Waals surface area contributed by atoms with Crippen molar-refractivity contribution in [3.8, 4) is 0 Å². The number of hydrogen-bond donors (Lipinski definition) is 1. The molecular weight excluding hydrogens is 438 g/mol. The standard InChI is InChI=1S/C30H31NO4/c1-2-31(28(22-11-5-3-6-12-22)23-13-7-4-8-14-23)27(32)20-19-21-15-9-17-25-24(21)16-10-18-26(25)29(33)30(34)35/h3-8,10-14,16,18,21,28H,2,9,15,17,19-20H2,1H3,(H,34,35). The van der Waals surface area contributed by atoms with Crippen LogP contribution in [0.15, 0.2) is 78.9 Å². The third kappa shape index (κ3) is 5.35. The molecule has 0 bridgehead atoms. The summed E-state index contributed by atoms with van der Waals surface area (Å²) in [5, 5.41) is 9.21. The molecule has 3 aromatic carbocycles. The van der Waals surface area contributed by atoms with Crippen LogP contribution in [0.5, 0.6) is 0 Å². The molecule has 1 N–H and O–H groups in total. The maximum absolute atomic E-state index is 13.6. The van der Waals surface area contributed by atoms with Crippen molar-refractivity contribution < 1.29 is 19.5 Å². The van der Waals surface area contributed by atoms with Crippen LogP contribution < -0.4 is 0 Å². The van der Waals surface area contributed by atoms with Crippen LogP contribution in [0.4, 0.5) is 0 Å². The van der Waals surface area contributed by atoms with Gasteiger partial charge in [-0.15, -0.1) is 0 Å². The molecule has 1 atom stereocenters. The molecule has 35 heavy (non-hydrogen) atoms. The van der Waals surface area contributed by atoms with Gasteiger partial charge in [0.1, 0.15) is 0 Å². The number of ketones is 1. The summed E-state index contributed by atoms with van der Waals surface area (Å²) in [4.78, 5) is 39.0. The van der Waals surface area contributed by atoms with E-state index in [1.165, 1.54) is 0 Å². The summed E-state index contributed by atoms with van der Waals surface area (Å²) in [5.41, 5.74) is 4.29. The van der Waals surface area contributed by atoms with Gasteiger partial charge < -0.3 is 10.0 Å². The largest absolute Gasteiger partial charge is 0.475 e. The number of aliphatic carboxylic acids is 1. The summed E-state index contributed by atoms with van der Waals surface area (Å²) in [7, 11) is 0. The topological polar surface area (TPSA) is 74.7 Å². The van der Waals surface area contributed by atoms with Gasteiger partial charge in [0, 0.05) is 18.5 Å². The Bertz CT molecular complexity index is 1150. The zero-order valence-electron chi connectivity index (χ0n) is 20.0. The van der Waals surface area contributed by atoms with Crippen LogP contribution >= 0.6 is 0 Å². The number of benzene rings is 3. The molecule has 1 unspecified atom stereocenters. The smallest absolute Gasteiger partial charge is 0.377 e. The molecule has 4 rings (SSSR count). The third-order valence-corrected chi connectivity index (χ3v) is 6.98. The molecule has 0 aliphatic heterocycles. The molecule has 1 amide bonds. The average molecular weight is 470 g/mol. The predicted octanol–water partition coefficient (Wildman–Crippen LogP) is 5.79. The van der Waals surface area contributed by atoms with Crippen molar-refractivity contribution >= 4 is 17.7 Å². The molecule has 1 aliphatic carbocycles. The van der Waals surface area contributed by atoms with Crippen molar-refractivity contribution in [3.63, 3.8) is 0 Å². The van der Waals surface area contributed by atoms with Crippen LogP contribution in [-0.4, -0.2) is 34.2 Å². The molecule has 0 fully saturated rings. The van der Waals surface area contributed by atoms with Gasteiger partial charge in [-0.25, -0.2) is 4.79 Å². The number of carboxylic acid groups (broad SMARTS) is 1. The molecule has 0 spiro atoms. The Morgan fingerprint density at radius 1 is 0.914 bits per heavy atom. The number of nitrogens with zero attached hydrogens (tertiary/aromatic N) is 1. The van der Waals surface area contributed by atoms with Gasteiger partial charge in [-0.3, -0.25) is 9.59 Å². The lowest BCUT2D eigenvalue weighted by Gasteiger charge is -2.33. The molecular formula is C30H31NO4. The maximum Gasteiger partial charge on any atom is 0.377 e.